The minimum absolute atomic E-state index is 0. The van der Waals surface area contributed by atoms with E-state index in [1.807, 2.05) is 0 Å². The zero-order chi connectivity index (χ0) is 7.68. The Morgan fingerprint density at radius 3 is 2.25 bits per heavy atom. The maximum atomic E-state index is 2.74. The largest absolute Gasteiger partial charge is 0.147 e. The van der Waals surface area contributed by atoms with Gasteiger partial charge in [0, 0.05) is 0 Å². The molecule has 0 bridgehead atoms. The Hall–Kier alpha value is -0.580. The Morgan fingerprint density at radius 2 is 1.50 bits per heavy atom. The third-order valence-corrected chi connectivity index (χ3v) is 2.33. The lowest BCUT2D eigenvalue weighted by atomic mass is 10.1. The molecule has 2 rings (SSSR count). The van der Waals surface area contributed by atoms with Crippen molar-refractivity contribution in [2.24, 2.45) is 0 Å². The summed E-state index contributed by atoms with van der Waals surface area (Å²) in [5.74, 6) is 0. The number of halogens is 1. The quantitative estimate of drug-likeness (QED) is 0.569. The average Bonchev–Trinajstić information content (AvgIpc) is 2.06. The van der Waals surface area contributed by atoms with E-state index in [1.165, 1.54) is 16.1 Å². The summed E-state index contributed by atoms with van der Waals surface area (Å²) in [6, 6.07) is 14.7. The van der Waals surface area contributed by atoms with Gasteiger partial charge in [0.15, 0.2) is 0 Å². The minimum atomic E-state index is 0. The van der Waals surface area contributed by atoms with E-state index in [4.69, 9.17) is 0 Å². The Kier molecular flexibility index (Phi) is 3.08. The number of fused-ring (bicyclic) bond motifs is 1. The van der Waals surface area contributed by atoms with Gasteiger partial charge in [-0.05, 0) is 16.1 Å². The third kappa shape index (κ3) is 1.60. The first-order valence-corrected chi connectivity index (χ1v) is 4.19. The average molecular weight is 197 g/mol. The van der Waals surface area contributed by atoms with Crippen LogP contribution in [0.25, 0.3) is 10.8 Å². The van der Waals surface area contributed by atoms with Gasteiger partial charge in [0.25, 0.3) is 0 Å². The first-order chi connectivity index (χ1) is 5.38. The van der Waals surface area contributed by atoms with Crippen LogP contribution in [-0.4, -0.2) is 0 Å². The molecule has 0 saturated carbocycles. The lowest BCUT2D eigenvalue weighted by Gasteiger charge is -1.98. The predicted octanol–water partition coefficient (Wildman–Crippen LogP) is 2.76. The van der Waals surface area contributed by atoms with Crippen LogP contribution in [0.3, 0.4) is 0 Å². The van der Waals surface area contributed by atoms with Gasteiger partial charge >= 0.3 is 0 Å². The Bertz CT molecular complexity index is 379. The molecule has 0 aliphatic heterocycles. The molecule has 0 amide bonds. The van der Waals surface area contributed by atoms with Crippen molar-refractivity contribution in [3.8, 4) is 0 Å². The fourth-order valence-corrected chi connectivity index (χ4v) is 1.62. The van der Waals surface area contributed by atoms with Crippen LogP contribution in [0.15, 0.2) is 42.5 Å². The van der Waals surface area contributed by atoms with Gasteiger partial charge in [0.05, 0.1) is 0 Å². The van der Waals surface area contributed by atoms with Crippen LogP contribution >= 0.6 is 21.6 Å². The van der Waals surface area contributed by atoms with Crippen LogP contribution in [0.2, 0.25) is 0 Å². The maximum Gasteiger partial charge on any atom is -0.0112 e. The second kappa shape index (κ2) is 3.89. The standard InChI is InChI=1S/C10H9P.ClH/c11-10-7-3-5-8-4-1-2-6-9(8)10;/h1-7H,11H2;1H. The van der Waals surface area contributed by atoms with Crippen molar-refractivity contribution in [2.75, 3.05) is 0 Å². The van der Waals surface area contributed by atoms with E-state index >= 15 is 0 Å². The van der Waals surface area contributed by atoms with Gasteiger partial charge < -0.3 is 0 Å². The van der Waals surface area contributed by atoms with Crippen molar-refractivity contribution >= 4 is 37.7 Å². The van der Waals surface area contributed by atoms with Crippen LogP contribution in [0.1, 0.15) is 0 Å². The normalized spacial score (nSPS) is 9.42. The first-order valence-electron chi connectivity index (χ1n) is 3.61. The summed E-state index contributed by atoms with van der Waals surface area (Å²) >= 11 is 0. The van der Waals surface area contributed by atoms with Crippen molar-refractivity contribution in [1.82, 2.24) is 0 Å². The van der Waals surface area contributed by atoms with E-state index in [-0.39, 0.29) is 12.4 Å². The lowest BCUT2D eigenvalue weighted by Crippen LogP contribution is -1.90. The highest BCUT2D eigenvalue weighted by atomic mass is 35.5. The van der Waals surface area contributed by atoms with E-state index in [0.29, 0.717) is 0 Å². The summed E-state index contributed by atoms with van der Waals surface area (Å²) < 4.78 is 0. The van der Waals surface area contributed by atoms with E-state index in [9.17, 15) is 0 Å². The Balaban J connectivity index is 0.000000720. The van der Waals surface area contributed by atoms with Crippen molar-refractivity contribution in [2.45, 2.75) is 0 Å². The Morgan fingerprint density at radius 1 is 0.833 bits per heavy atom. The predicted molar refractivity (Wildman–Crippen MR) is 60.5 cm³/mol. The molecule has 0 fully saturated rings. The van der Waals surface area contributed by atoms with Gasteiger partial charge in [-0.1, -0.05) is 42.5 Å². The van der Waals surface area contributed by atoms with E-state index in [0.717, 1.165) is 0 Å². The van der Waals surface area contributed by atoms with Crippen LogP contribution in [0.5, 0.6) is 0 Å². The molecular formula is C10H10ClP. The molecule has 12 heavy (non-hydrogen) atoms. The highest BCUT2D eigenvalue weighted by Gasteiger charge is 1.92. The molecule has 1 unspecified atom stereocenters. The van der Waals surface area contributed by atoms with Gasteiger partial charge in [-0.25, -0.2) is 0 Å². The summed E-state index contributed by atoms with van der Waals surface area (Å²) in [5.41, 5.74) is 0. The molecule has 2 aromatic rings. The highest BCUT2D eigenvalue weighted by Crippen LogP contribution is 2.12. The van der Waals surface area contributed by atoms with E-state index < -0.39 is 0 Å². The molecule has 0 spiro atoms. The van der Waals surface area contributed by atoms with Gasteiger partial charge in [-0.3, -0.25) is 0 Å². The summed E-state index contributed by atoms with van der Waals surface area (Å²) in [6.45, 7) is 0. The maximum absolute atomic E-state index is 2.74. The number of rotatable bonds is 0. The minimum Gasteiger partial charge on any atom is -0.147 e. The van der Waals surface area contributed by atoms with Gasteiger partial charge in [0.1, 0.15) is 0 Å². The number of hydrogen-bond acceptors (Lipinski definition) is 0. The van der Waals surface area contributed by atoms with Crippen LogP contribution in [0, 0.1) is 0 Å². The summed E-state index contributed by atoms with van der Waals surface area (Å²) in [6.07, 6.45) is 0. The second-order valence-corrected chi connectivity index (χ2v) is 3.19. The number of benzene rings is 2. The van der Waals surface area contributed by atoms with Crippen LogP contribution in [0.4, 0.5) is 0 Å². The highest BCUT2D eigenvalue weighted by molar-refractivity contribution is 7.28. The van der Waals surface area contributed by atoms with E-state index in [1.54, 1.807) is 0 Å². The summed E-state index contributed by atoms with van der Waals surface area (Å²) in [5, 5.41) is 3.89. The molecule has 0 nitrogen and oxygen atoms in total. The molecule has 0 saturated heterocycles. The molecule has 0 heterocycles. The monoisotopic (exact) mass is 196 g/mol. The van der Waals surface area contributed by atoms with Crippen molar-refractivity contribution in [3.05, 3.63) is 42.5 Å². The summed E-state index contributed by atoms with van der Waals surface area (Å²) in [7, 11) is 2.74. The van der Waals surface area contributed by atoms with Crippen molar-refractivity contribution in [3.63, 3.8) is 0 Å². The van der Waals surface area contributed by atoms with Crippen molar-refractivity contribution in [1.29, 1.82) is 0 Å². The van der Waals surface area contributed by atoms with Gasteiger partial charge in [0.2, 0.25) is 0 Å². The molecule has 0 aliphatic carbocycles. The molecule has 62 valence electrons. The molecule has 0 radical (unpaired) electrons. The second-order valence-electron chi connectivity index (χ2n) is 2.57. The van der Waals surface area contributed by atoms with Crippen molar-refractivity contribution < 1.29 is 0 Å². The molecule has 2 heteroatoms. The first kappa shape index (κ1) is 9.51. The molecule has 1 atom stereocenters. The molecular weight excluding hydrogens is 187 g/mol. The number of hydrogen-bond donors (Lipinski definition) is 0. The third-order valence-electron chi connectivity index (χ3n) is 1.82. The zero-order valence-corrected chi connectivity index (χ0v) is 8.50. The molecule has 0 aliphatic rings. The van der Waals surface area contributed by atoms with Crippen LogP contribution < -0.4 is 5.30 Å². The topological polar surface area (TPSA) is 0 Å². The molecule has 2 aromatic carbocycles. The lowest BCUT2D eigenvalue weighted by molar-refractivity contribution is 1.79. The Labute approximate surface area is 80.6 Å². The van der Waals surface area contributed by atoms with Crippen LogP contribution in [-0.2, 0) is 0 Å². The van der Waals surface area contributed by atoms with Gasteiger partial charge in [-0.15, -0.1) is 21.6 Å². The zero-order valence-electron chi connectivity index (χ0n) is 6.53. The molecule has 0 aromatic heterocycles. The fourth-order valence-electron chi connectivity index (χ4n) is 1.25. The van der Waals surface area contributed by atoms with Gasteiger partial charge in [-0.2, -0.15) is 0 Å². The fraction of sp³-hybridized carbons (Fsp3) is 0. The van der Waals surface area contributed by atoms with E-state index in [2.05, 4.69) is 51.7 Å². The molecule has 0 N–H and O–H groups in total. The SMILES string of the molecule is Cl.Pc1cccc2ccccc12. The summed E-state index contributed by atoms with van der Waals surface area (Å²) in [4.78, 5) is 0. The smallest absolute Gasteiger partial charge is 0.0112 e.